The summed E-state index contributed by atoms with van der Waals surface area (Å²) in [5, 5.41) is 4.70. The van der Waals surface area contributed by atoms with Crippen molar-refractivity contribution in [3.05, 3.63) is 69.7 Å². The first-order valence-electron chi connectivity index (χ1n) is 6.18. The molecule has 0 fully saturated rings. The van der Waals surface area contributed by atoms with Crippen molar-refractivity contribution < 1.29 is 0 Å². The number of halogens is 1. The van der Waals surface area contributed by atoms with Crippen LogP contribution in [0.1, 0.15) is 5.56 Å². The summed E-state index contributed by atoms with van der Waals surface area (Å²) in [7, 11) is 0. The fraction of sp³-hybridized carbons (Fsp3) is 0.0667. The van der Waals surface area contributed by atoms with Gasteiger partial charge in [0, 0.05) is 23.8 Å². The van der Waals surface area contributed by atoms with Crippen molar-refractivity contribution in [2.75, 3.05) is 5.32 Å². The van der Waals surface area contributed by atoms with Crippen molar-refractivity contribution >= 4 is 28.2 Å². The first-order valence-corrected chi connectivity index (χ1v) is 6.56. The van der Waals surface area contributed by atoms with Gasteiger partial charge >= 0.3 is 0 Å². The molecule has 20 heavy (non-hydrogen) atoms. The highest BCUT2D eigenvalue weighted by molar-refractivity contribution is 6.33. The second-order valence-electron chi connectivity index (χ2n) is 4.42. The van der Waals surface area contributed by atoms with Gasteiger partial charge in [-0.2, -0.15) is 0 Å². The Balaban J connectivity index is 1.89. The van der Waals surface area contributed by atoms with Crippen molar-refractivity contribution in [3.63, 3.8) is 0 Å². The van der Waals surface area contributed by atoms with Crippen LogP contribution in [0, 0.1) is 0 Å². The van der Waals surface area contributed by atoms with Gasteiger partial charge in [0.1, 0.15) is 0 Å². The number of pyridine rings is 2. The molecule has 0 amide bonds. The molecule has 0 spiro atoms. The summed E-state index contributed by atoms with van der Waals surface area (Å²) in [6, 6.07) is 11.3. The smallest absolute Gasteiger partial charge is 0.253 e. The number of anilines is 1. The summed E-state index contributed by atoms with van der Waals surface area (Å²) in [5.74, 6) is 0. The van der Waals surface area contributed by atoms with Crippen LogP contribution in [0.2, 0.25) is 5.02 Å². The van der Waals surface area contributed by atoms with E-state index in [1.54, 1.807) is 18.5 Å². The quantitative estimate of drug-likeness (QED) is 0.777. The molecular weight excluding hydrogens is 274 g/mol. The molecule has 0 saturated carbocycles. The summed E-state index contributed by atoms with van der Waals surface area (Å²) < 4.78 is 0. The third-order valence-corrected chi connectivity index (χ3v) is 3.40. The number of para-hydroxylation sites is 1. The number of nitrogens with one attached hydrogen (secondary N) is 2. The van der Waals surface area contributed by atoms with Crippen molar-refractivity contribution in [1.82, 2.24) is 9.97 Å². The number of nitrogens with zero attached hydrogens (tertiary/aromatic N) is 1. The molecule has 0 saturated heterocycles. The number of hydrogen-bond donors (Lipinski definition) is 2. The van der Waals surface area contributed by atoms with Crippen molar-refractivity contribution in [3.8, 4) is 0 Å². The molecule has 2 N–H and O–H groups in total. The largest absolute Gasteiger partial charge is 0.378 e. The second kappa shape index (κ2) is 5.35. The van der Waals surface area contributed by atoms with Gasteiger partial charge in [0.05, 0.1) is 16.9 Å². The van der Waals surface area contributed by atoms with Gasteiger partial charge in [0.25, 0.3) is 5.56 Å². The molecule has 4 nitrogen and oxygen atoms in total. The molecular formula is C15H12ClN3O. The molecule has 3 rings (SSSR count). The van der Waals surface area contributed by atoms with Gasteiger partial charge in [-0.05, 0) is 23.6 Å². The Hall–Kier alpha value is -2.33. The molecule has 0 unspecified atom stereocenters. The summed E-state index contributed by atoms with van der Waals surface area (Å²) >= 11 is 6.04. The van der Waals surface area contributed by atoms with E-state index in [2.05, 4.69) is 15.3 Å². The van der Waals surface area contributed by atoms with Crippen LogP contribution in [-0.2, 0) is 6.54 Å². The van der Waals surface area contributed by atoms with E-state index in [9.17, 15) is 4.79 Å². The molecule has 0 aliphatic rings. The molecule has 100 valence electrons. The van der Waals surface area contributed by atoms with E-state index in [4.69, 9.17) is 11.6 Å². The molecule has 0 aliphatic heterocycles. The molecule has 2 heterocycles. The topological polar surface area (TPSA) is 57.8 Å². The van der Waals surface area contributed by atoms with Gasteiger partial charge in [-0.1, -0.05) is 29.8 Å². The third kappa shape index (κ3) is 2.51. The summed E-state index contributed by atoms with van der Waals surface area (Å²) in [5.41, 5.74) is 2.10. The number of H-pyrrole nitrogens is 1. The van der Waals surface area contributed by atoms with E-state index in [1.165, 1.54) is 0 Å². The first kappa shape index (κ1) is 12.7. The molecule has 1 aromatic carbocycles. The van der Waals surface area contributed by atoms with Crippen LogP contribution < -0.4 is 10.9 Å². The Morgan fingerprint density at radius 3 is 2.95 bits per heavy atom. The van der Waals surface area contributed by atoms with Gasteiger partial charge < -0.3 is 10.3 Å². The monoisotopic (exact) mass is 285 g/mol. The number of hydrogen-bond acceptors (Lipinski definition) is 3. The minimum Gasteiger partial charge on any atom is -0.378 e. The maximum atomic E-state index is 12.0. The maximum absolute atomic E-state index is 12.0. The molecule has 0 aliphatic carbocycles. The first-order chi connectivity index (χ1) is 9.74. The molecule has 0 radical (unpaired) electrons. The lowest BCUT2D eigenvalue weighted by atomic mass is 10.1. The van der Waals surface area contributed by atoms with E-state index < -0.39 is 0 Å². The van der Waals surface area contributed by atoms with Crippen LogP contribution in [0.3, 0.4) is 0 Å². The zero-order chi connectivity index (χ0) is 13.9. The fourth-order valence-electron chi connectivity index (χ4n) is 2.02. The van der Waals surface area contributed by atoms with Gasteiger partial charge in [-0.15, -0.1) is 0 Å². The highest BCUT2D eigenvalue weighted by atomic mass is 35.5. The van der Waals surface area contributed by atoms with Crippen LogP contribution in [-0.4, -0.2) is 9.97 Å². The average molecular weight is 286 g/mol. The predicted molar refractivity (Wildman–Crippen MR) is 81.1 cm³/mol. The second-order valence-corrected chi connectivity index (χ2v) is 4.83. The fourth-order valence-corrected chi connectivity index (χ4v) is 2.19. The lowest BCUT2D eigenvalue weighted by Gasteiger charge is -2.08. The normalized spacial score (nSPS) is 10.7. The molecule has 5 heteroatoms. The van der Waals surface area contributed by atoms with Crippen LogP contribution in [0.15, 0.2) is 53.6 Å². The highest BCUT2D eigenvalue weighted by Crippen LogP contribution is 2.19. The van der Waals surface area contributed by atoms with Gasteiger partial charge in [0.15, 0.2) is 0 Å². The van der Waals surface area contributed by atoms with Crippen molar-refractivity contribution in [2.45, 2.75) is 6.54 Å². The van der Waals surface area contributed by atoms with Crippen molar-refractivity contribution in [1.29, 1.82) is 0 Å². The highest BCUT2D eigenvalue weighted by Gasteiger charge is 2.04. The third-order valence-electron chi connectivity index (χ3n) is 3.07. The zero-order valence-electron chi connectivity index (χ0n) is 10.6. The number of rotatable bonds is 3. The Morgan fingerprint density at radius 2 is 2.10 bits per heavy atom. The number of benzene rings is 1. The number of aromatic amines is 1. The van der Waals surface area contributed by atoms with E-state index in [1.807, 2.05) is 30.3 Å². The Kier molecular flexibility index (Phi) is 3.39. The average Bonchev–Trinajstić information content (AvgIpc) is 2.46. The number of fused-ring (bicyclic) bond motifs is 1. The zero-order valence-corrected chi connectivity index (χ0v) is 11.3. The Labute approximate surface area is 120 Å². The van der Waals surface area contributed by atoms with Crippen LogP contribution in [0.5, 0.6) is 0 Å². The van der Waals surface area contributed by atoms with E-state index >= 15 is 0 Å². The van der Waals surface area contributed by atoms with Crippen LogP contribution in [0.25, 0.3) is 10.9 Å². The minimum atomic E-state index is -0.101. The van der Waals surface area contributed by atoms with Crippen LogP contribution >= 0.6 is 11.6 Å². The van der Waals surface area contributed by atoms with Crippen LogP contribution in [0.4, 0.5) is 5.69 Å². The van der Waals surface area contributed by atoms with Gasteiger partial charge in [0.2, 0.25) is 0 Å². The SMILES string of the molecule is O=c1[nH]c2ccccc2cc1CNc1cnccc1Cl. The van der Waals surface area contributed by atoms with Crippen molar-refractivity contribution in [2.24, 2.45) is 0 Å². The Bertz CT molecular complexity index is 813. The van der Waals surface area contributed by atoms with Gasteiger partial charge in [-0.3, -0.25) is 9.78 Å². The molecule has 0 atom stereocenters. The number of aromatic nitrogens is 2. The molecule has 0 bridgehead atoms. The molecule has 3 aromatic rings. The summed E-state index contributed by atoms with van der Waals surface area (Å²) in [4.78, 5) is 18.9. The van der Waals surface area contributed by atoms with Gasteiger partial charge in [-0.25, -0.2) is 0 Å². The van der Waals surface area contributed by atoms with E-state index in [-0.39, 0.29) is 5.56 Å². The standard InChI is InChI=1S/C15H12ClN3O/c16-12-5-6-17-9-14(12)18-8-11-7-10-3-1-2-4-13(10)19-15(11)20/h1-7,9,18H,8H2,(H,19,20). The Morgan fingerprint density at radius 1 is 1.25 bits per heavy atom. The minimum absolute atomic E-state index is 0.101. The predicted octanol–water partition coefficient (Wildman–Crippen LogP) is 3.19. The molecule has 2 aromatic heterocycles. The lowest BCUT2D eigenvalue weighted by molar-refractivity contribution is 1.08. The summed E-state index contributed by atoms with van der Waals surface area (Å²) in [6.07, 6.45) is 3.26. The van der Waals surface area contributed by atoms with E-state index in [0.29, 0.717) is 22.8 Å². The summed E-state index contributed by atoms with van der Waals surface area (Å²) in [6.45, 7) is 0.394. The maximum Gasteiger partial charge on any atom is 0.253 e. The van der Waals surface area contributed by atoms with E-state index in [0.717, 1.165) is 10.9 Å². The lowest BCUT2D eigenvalue weighted by Crippen LogP contribution is -2.15.